The lowest BCUT2D eigenvalue weighted by Crippen LogP contribution is -0.482. The molecule has 0 aliphatic heterocycles. The van der Waals surface area contributed by atoms with Gasteiger partial charge in [0.05, 0.1) is 0 Å². The Kier molecular flexibility index (Phi) is 2460000. The first-order valence-corrected chi connectivity index (χ1v) is 0. The quantitative estimate of drug-likeness (QED) is 0.262. The third-order valence-electron chi connectivity index (χ3n) is 0. The monoisotopic (exact) mass is 186 g/mol. The molecule has 88 valence electrons. The summed E-state index contributed by atoms with van der Waals surface area (Å²) < 4.78 is 0. The maximum Gasteiger partial charge on any atom is -0.0776 e. The predicted molar refractivity (Wildman–Crippen MR) is 57.0 cm³/mol. The van der Waals surface area contributed by atoms with Crippen molar-refractivity contribution in [3.05, 3.63) is 0 Å². The smallest absolute Gasteiger partial charge is 0.0776 e. The average Bonchev–Trinajstić information content (AvgIpc) is 0. The molecule has 0 aromatic carbocycles. The molecule has 30 N–H and O–H groups in total. The Morgan fingerprint density at radius 1 is 0.182 bits per heavy atom. The van der Waals surface area contributed by atoms with Crippen molar-refractivity contribution in [2.45, 2.75) is 7.43 Å². The van der Waals surface area contributed by atoms with Crippen molar-refractivity contribution in [2.24, 2.45) is 0 Å². The standard InChI is InChI=1S/CH4.10H3N/h1H4;10*1H3. The van der Waals surface area contributed by atoms with Gasteiger partial charge in [0.25, 0.3) is 0 Å². The zero-order chi connectivity index (χ0) is 0. The molecule has 0 saturated heterocycles. The highest BCUT2D eigenvalue weighted by Crippen LogP contribution is 0.144. The Bertz CT molecular complexity index is 4.83. The summed E-state index contributed by atoms with van der Waals surface area (Å²) in [5, 5.41) is 0. The summed E-state index contributed by atoms with van der Waals surface area (Å²) in [4.78, 5) is 0. The fraction of sp³-hybridized carbons (Fsp3) is 1.00. The lowest BCUT2D eigenvalue weighted by molar-refractivity contribution is 2.13. The van der Waals surface area contributed by atoms with Crippen LogP contribution in [0.5, 0.6) is 0 Å². The molecule has 10 nitrogen and oxygen atoms in total. The molecule has 0 rings (SSSR count). The van der Waals surface area contributed by atoms with Crippen molar-refractivity contribution >= 4 is 0 Å². The van der Waals surface area contributed by atoms with Crippen LogP contribution in [0, 0.1) is 0 Å². The van der Waals surface area contributed by atoms with Crippen molar-refractivity contribution in [3.63, 3.8) is 0 Å². The predicted octanol–water partition coefficient (Wildman–Crippen LogP) is 2.26. The van der Waals surface area contributed by atoms with Gasteiger partial charge in [-0.05, 0) is 0 Å². The molecule has 0 aliphatic rings. The van der Waals surface area contributed by atoms with Gasteiger partial charge in [-0.15, -0.1) is 0 Å². The Morgan fingerprint density at radius 3 is 0.182 bits per heavy atom. The fourth-order valence-electron chi connectivity index (χ4n) is 0. The maximum absolute atomic E-state index is 0. The van der Waals surface area contributed by atoms with E-state index < -0.39 is 0 Å². The molecule has 0 heterocycles. The maximum atomic E-state index is 0. The summed E-state index contributed by atoms with van der Waals surface area (Å²) >= 11 is 0. The minimum Gasteiger partial charge on any atom is -0.344 e. The van der Waals surface area contributed by atoms with E-state index in [1.807, 2.05) is 0 Å². The van der Waals surface area contributed by atoms with Crippen molar-refractivity contribution in [1.29, 1.82) is 0 Å². The minimum absolute atomic E-state index is 0. The second-order valence-electron chi connectivity index (χ2n) is 0. The largest absolute Gasteiger partial charge is 0.344 e. The normalized spacial score (nSPS) is 0. The highest BCUT2D eigenvalue weighted by atomic mass is 14.0. The van der Waals surface area contributed by atoms with E-state index in [1.54, 1.807) is 0 Å². The Balaban J connectivity index is 0. The van der Waals surface area contributed by atoms with Crippen molar-refractivity contribution in [1.82, 2.24) is 61.5 Å². The van der Waals surface area contributed by atoms with E-state index in [-0.39, 0.29) is 68.9 Å². The number of rotatable bonds is 0. The molecule has 0 unspecified atom stereocenters. The van der Waals surface area contributed by atoms with Gasteiger partial charge in [-0.3, -0.25) is 0 Å². The van der Waals surface area contributed by atoms with Gasteiger partial charge in [0.15, 0.2) is 0 Å². The van der Waals surface area contributed by atoms with Gasteiger partial charge < -0.3 is 61.5 Å². The summed E-state index contributed by atoms with van der Waals surface area (Å²) in [6.07, 6.45) is 0. The van der Waals surface area contributed by atoms with Crippen molar-refractivity contribution in [3.8, 4) is 0 Å². The Hall–Kier alpha value is -0.400. The molecular weight excluding hydrogens is 152 g/mol. The molecule has 0 spiro atoms. The number of hydrogen-bond donors (Lipinski definition) is 10. The van der Waals surface area contributed by atoms with Gasteiger partial charge in [-0.1, -0.05) is 7.43 Å². The van der Waals surface area contributed by atoms with E-state index in [9.17, 15) is 0 Å². The van der Waals surface area contributed by atoms with Gasteiger partial charge in [-0.2, -0.15) is 0 Å². The molecule has 0 atom stereocenters. The summed E-state index contributed by atoms with van der Waals surface area (Å²) in [7, 11) is 0. The van der Waals surface area contributed by atoms with E-state index in [0.717, 1.165) is 0 Å². The highest BCUT2D eigenvalue weighted by Gasteiger charge is -0.0775. The van der Waals surface area contributed by atoms with Crippen LogP contribution in [0.15, 0.2) is 0 Å². The summed E-state index contributed by atoms with van der Waals surface area (Å²) in [6.45, 7) is 0. The molecule has 0 radical (unpaired) electrons. The molecule has 0 aromatic heterocycles. The van der Waals surface area contributed by atoms with Gasteiger partial charge >= 0.3 is 0 Å². The van der Waals surface area contributed by atoms with E-state index >= 15 is 0 Å². The third-order valence-corrected chi connectivity index (χ3v) is 0. The first-order chi connectivity index (χ1) is 0. The SMILES string of the molecule is C.N.N.N.N.N.N.N.N.N.N. The van der Waals surface area contributed by atoms with Crippen LogP contribution < -0.4 is 61.5 Å². The van der Waals surface area contributed by atoms with Gasteiger partial charge in [-0.25, -0.2) is 0 Å². The van der Waals surface area contributed by atoms with Crippen LogP contribution in [-0.2, 0) is 0 Å². The molecule has 0 amide bonds. The first kappa shape index (κ1) is 6110. The van der Waals surface area contributed by atoms with Crippen LogP contribution in [0.4, 0.5) is 0 Å². The second kappa shape index (κ2) is 4440. The van der Waals surface area contributed by atoms with E-state index in [1.165, 1.54) is 0 Å². The zero-order valence-corrected chi connectivity index (χ0v) is 7.07. The molecule has 0 aliphatic carbocycles. The number of hydrogen-bond acceptors (Lipinski definition) is 10. The third kappa shape index (κ3) is 3470. The molecule has 0 bridgehead atoms. The second-order valence-corrected chi connectivity index (χ2v) is 0. The van der Waals surface area contributed by atoms with Crippen LogP contribution >= 0.6 is 0 Å². The summed E-state index contributed by atoms with van der Waals surface area (Å²) in [5.41, 5.74) is 0. The summed E-state index contributed by atoms with van der Waals surface area (Å²) in [5.74, 6) is 0. The van der Waals surface area contributed by atoms with Gasteiger partial charge in [0, 0.05) is 0 Å². The molecule has 0 saturated carbocycles. The van der Waals surface area contributed by atoms with E-state index in [2.05, 4.69) is 0 Å². The Morgan fingerprint density at radius 2 is 0.182 bits per heavy atom. The van der Waals surface area contributed by atoms with Crippen LogP contribution in [0.1, 0.15) is 7.43 Å². The van der Waals surface area contributed by atoms with E-state index in [4.69, 9.17) is 0 Å². The highest BCUT2D eigenvalue weighted by molar-refractivity contribution is 2.50. The lowest BCUT2D eigenvalue weighted by Gasteiger charge is -0.345. The molecule has 0 aromatic rings. The minimum atomic E-state index is 0. The molecule has 0 fully saturated rings. The zero-order valence-electron chi connectivity index (χ0n) is 7.07. The molecular formula is CH34N10. The van der Waals surface area contributed by atoms with E-state index in [0.29, 0.717) is 0 Å². The first-order valence-electron chi connectivity index (χ1n) is 0. The Labute approximate surface area is 70.1 Å². The van der Waals surface area contributed by atoms with Gasteiger partial charge in [0.2, 0.25) is 0 Å². The van der Waals surface area contributed by atoms with Crippen LogP contribution in [0.2, 0.25) is 0 Å². The fourth-order valence-corrected chi connectivity index (χ4v) is 0. The molecule has 11 heavy (non-hydrogen) atoms. The topological polar surface area (TPSA) is 350 Å². The van der Waals surface area contributed by atoms with Gasteiger partial charge in [0.1, 0.15) is 0 Å². The summed E-state index contributed by atoms with van der Waals surface area (Å²) in [6, 6.07) is 0. The van der Waals surface area contributed by atoms with Crippen LogP contribution in [0.25, 0.3) is 0 Å². The van der Waals surface area contributed by atoms with Crippen LogP contribution in [-0.4, -0.2) is 0 Å². The van der Waals surface area contributed by atoms with Crippen molar-refractivity contribution in [2.75, 3.05) is 0 Å². The molecule has 10 heteroatoms. The lowest BCUT2D eigenvalue weighted by atomic mass is 12.0. The van der Waals surface area contributed by atoms with Crippen molar-refractivity contribution < 1.29 is 0 Å². The van der Waals surface area contributed by atoms with Crippen LogP contribution in [0.3, 0.4) is 0 Å². The average molecular weight is 186 g/mol.